The predicted molar refractivity (Wildman–Crippen MR) is 221 cm³/mol. The minimum atomic E-state index is -0.301. The number of carbonyl (C=O) groups excluding carboxylic acids is 3. The second-order valence-electron chi connectivity index (χ2n) is 20.2. The Labute approximate surface area is 336 Å². The molecule has 0 aromatic heterocycles. The fraction of sp³-hybridized carbons (Fsp3) is 0.938. The van der Waals surface area contributed by atoms with Crippen molar-refractivity contribution in [2.24, 2.45) is 39.4 Å². The van der Waals surface area contributed by atoms with Crippen molar-refractivity contribution in [3.8, 4) is 0 Å². The Hall–Kier alpha value is -1.63. The van der Waals surface area contributed by atoms with Crippen molar-refractivity contribution in [2.75, 3.05) is 39.5 Å². The maximum atomic E-state index is 13.9. The van der Waals surface area contributed by atoms with Crippen LogP contribution in [0.25, 0.3) is 0 Å². The maximum absolute atomic E-state index is 13.9. The lowest BCUT2D eigenvalue weighted by Gasteiger charge is -2.55. The number of rotatable bonds is 27. The molecule has 7 aliphatic rings. The number of esters is 3. The number of ether oxygens (including phenoxy) is 3. The quantitative estimate of drug-likeness (QED) is 0.0467. The van der Waals surface area contributed by atoms with Crippen molar-refractivity contribution in [3.63, 3.8) is 0 Å². The third-order valence-electron chi connectivity index (χ3n) is 15.4. The monoisotopic (exact) mass is 770 g/mol. The Balaban J connectivity index is 1.27. The maximum Gasteiger partial charge on any atom is 0.312 e. The molecule has 7 rings (SSSR count). The molecule has 0 aromatic rings. The molecule has 4 atom stereocenters. The Bertz CT molecular complexity index is 1160. The molecule has 7 heteroatoms. The van der Waals surface area contributed by atoms with Gasteiger partial charge in [0, 0.05) is 29.1 Å². The van der Waals surface area contributed by atoms with Gasteiger partial charge >= 0.3 is 17.9 Å². The van der Waals surface area contributed by atoms with Crippen molar-refractivity contribution >= 4 is 17.9 Å². The van der Waals surface area contributed by atoms with Gasteiger partial charge in [-0.2, -0.15) is 0 Å². The summed E-state index contributed by atoms with van der Waals surface area (Å²) in [5.74, 6) is 1.26. The van der Waals surface area contributed by atoms with Crippen LogP contribution in [0.15, 0.2) is 0 Å². The molecule has 0 radical (unpaired) electrons. The second-order valence-corrected chi connectivity index (χ2v) is 20.2. The fourth-order valence-corrected chi connectivity index (χ4v) is 12.4. The lowest BCUT2D eigenvalue weighted by molar-refractivity contribution is -0.173. The first-order valence-corrected chi connectivity index (χ1v) is 23.8. The molecule has 0 N–H and O–H groups in total. The highest BCUT2D eigenvalue weighted by Crippen LogP contribution is 2.67. The van der Waals surface area contributed by atoms with E-state index in [9.17, 15) is 14.4 Å². The second kappa shape index (κ2) is 21.4. The molecule has 3 heterocycles. The Kier molecular flexibility index (Phi) is 17.3. The van der Waals surface area contributed by atoms with Gasteiger partial charge in [0.15, 0.2) is 0 Å². The summed E-state index contributed by atoms with van der Waals surface area (Å²) in [7, 11) is 0. The van der Waals surface area contributed by atoms with Gasteiger partial charge in [-0.1, -0.05) is 105 Å². The first-order chi connectivity index (χ1) is 26.6. The molecule has 6 bridgehead atoms. The van der Waals surface area contributed by atoms with Crippen LogP contribution < -0.4 is 0 Å². The van der Waals surface area contributed by atoms with E-state index in [1.54, 1.807) is 0 Å². The zero-order valence-electron chi connectivity index (χ0n) is 36.2. The lowest BCUT2D eigenvalue weighted by Crippen LogP contribution is -2.53. The van der Waals surface area contributed by atoms with Gasteiger partial charge in [-0.25, -0.2) is 0 Å². The van der Waals surface area contributed by atoms with E-state index in [1.165, 1.54) is 77.0 Å². The van der Waals surface area contributed by atoms with Crippen molar-refractivity contribution in [1.29, 1.82) is 0 Å². The molecule has 0 spiro atoms. The van der Waals surface area contributed by atoms with Gasteiger partial charge in [0.1, 0.15) is 0 Å². The van der Waals surface area contributed by atoms with E-state index < -0.39 is 0 Å². The molecular weight excluding hydrogens is 687 g/mol. The molecule has 3 aliphatic heterocycles. The molecule has 0 amide bonds. The summed E-state index contributed by atoms with van der Waals surface area (Å²) < 4.78 is 19.2. The van der Waals surface area contributed by atoms with E-state index in [0.29, 0.717) is 50.4 Å². The zero-order chi connectivity index (χ0) is 39.2. The Morgan fingerprint density at radius 2 is 0.909 bits per heavy atom. The van der Waals surface area contributed by atoms with Crippen molar-refractivity contribution in [3.05, 3.63) is 0 Å². The van der Waals surface area contributed by atoms with Crippen LogP contribution in [0.2, 0.25) is 0 Å². The minimum absolute atomic E-state index is 0.0230. The van der Waals surface area contributed by atoms with Crippen LogP contribution in [0.3, 0.4) is 0 Å². The summed E-state index contributed by atoms with van der Waals surface area (Å²) in [6.45, 7) is 13.4. The van der Waals surface area contributed by atoms with E-state index in [2.05, 4.69) is 32.6 Å². The van der Waals surface area contributed by atoms with Gasteiger partial charge in [-0.15, -0.1) is 0 Å². The van der Waals surface area contributed by atoms with E-state index in [0.717, 1.165) is 110 Å². The summed E-state index contributed by atoms with van der Waals surface area (Å²) in [5.41, 5.74) is -0.676. The van der Waals surface area contributed by atoms with Gasteiger partial charge in [-0.05, 0) is 127 Å². The predicted octanol–water partition coefficient (Wildman–Crippen LogP) is 11.8. The van der Waals surface area contributed by atoms with Crippen molar-refractivity contribution in [1.82, 2.24) is 4.90 Å². The number of fused-ring (bicyclic) bond motifs is 4. The molecule has 0 aromatic carbocycles. The van der Waals surface area contributed by atoms with E-state index in [-0.39, 0.29) is 39.6 Å². The normalized spacial score (nSPS) is 30.9. The lowest BCUT2D eigenvalue weighted by atomic mass is 9.51. The number of unbranched alkanes of at least 4 members (excludes halogenated alkanes) is 8. The smallest absolute Gasteiger partial charge is 0.312 e. The van der Waals surface area contributed by atoms with Crippen LogP contribution >= 0.6 is 0 Å². The standard InChI is InChI=1S/C48H83NO6/c1-5-9-13-17-39(18-14-10-6-2)29-42(50)53-36-45-21-22-46(37-55-44(52)48-23-26-49(27-24-48)28-25-48)32-41(31-45)33-47(34-45,35-46)38-54-43(51)30-40(19-15-11-7-3)20-16-12-8-4/h39-41H,5-38H2,1-4H3. The third-order valence-corrected chi connectivity index (χ3v) is 15.4. The molecule has 7 fully saturated rings. The highest BCUT2D eigenvalue weighted by molar-refractivity contribution is 5.77. The highest BCUT2D eigenvalue weighted by atomic mass is 16.5. The third kappa shape index (κ3) is 12.7. The number of piperidine rings is 3. The molecule has 55 heavy (non-hydrogen) atoms. The summed E-state index contributed by atoms with van der Waals surface area (Å²) in [6, 6.07) is 0. The zero-order valence-corrected chi connectivity index (χ0v) is 36.2. The molecule has 7 nitrogen and oxygen atoms in total. The molecule has 3 saturated heterocycles. The summed E-state index contributed by atoms with van der Waals surface area (Å²) in [4.78, 5) is 43.6. The Morgan fingerprint density at radius 3 is 1.33 bits per heavy atom. The van der Waals surface area contributed by atoms with Crippen molar-refractivity contribution < 1.29 is 28.6 Å². The van der Waals surface area contributed by atoms with E-state index >= 15 is 0 Å². The fourth-order valence-electron chi connectivity index (χ4n) is 12.4. The van der Waals surface area contributed by atoms with Crippen molar-refractivity contribution in [2.45, 2.75) is 207 Å². The molecule has 4 unspecified atom stereocenters. The highest BCUT2D eigenvalue weighted by Gasteiger charge is 2.61. The number of hydrogen-bond acceptors (Lipinski definition) is 7. The molecular formula is C48H83NO6. The van der Waals surface area contributed by atoms with Crippen LogP contribution in [0.1, 0.15) is 207 Å². The van der Waals surface area contributed by atoms with E-state index in [4.69, 9.17) is 14.2 Å². The topological polar surface area (TPSA) is 82.1 Å². The molecule has 4 saturated carbocycles. The average molecular weight is 770 g/mol. The summed E-state index contributed by atoms with van der Waals surface area (Å²) >= 11 is 0. The largest absolute Gasteiger partial charge is 0.465 e. The van der Waals surface area contributed by atoms with Gasteiger partial charge in [0.05, 0.1) is 25.2 Å². The number of carbonyl (C=O) groups is 3. The van der Waals surface area contributed by atoms with Gasteiger partial charge in [0.2, 0.25) is 0 Å². The Morgan fingerprint density at radius 1 is 0.527 bits per heavy atom. The van der Waals surface area contributed by atoms with Crippen LogP contribution in [0.4, 0.5) is 0 Å². The van der Waals surface area contributed by atoms with Crippen LogP contribution in [-0.2, 0) is 28.6 Å². The summed E-state index contributed by atoms with van der Waals surface area (Å²) in [5, 5.41) is 0. The first-order valence-electron chi connectivity index (χ1n) is 23.8. The van der Waals surface area contributed by atoms with Gasteiger partial charge in [-0.3, -0.25) is 14.4 Å². The average Bonchev–Trinajstić information content (AvgIpc) is 3.35. The minimum Gasteiger partial charge on any atom is -0.465 e. The first kappa shape index (κ1) is 44.5. The number of hydrogen-bond donors (Lipinski definition) is 0. The summed E-state index contributed by atoms with van der Waals surface area (Å²) in [6.07, 6.45) is 29.7. The van der Waals surface area contributed by atoms with Gasteiger partial charge < -0.3 is 19.1 Å². The van der Waals surface area contributed by atoms with Crippen LogP contribution in [0.5, 0.6) is 0 Å². The molecule has 316 valence electrons. The van der Waals surface area contributed by atoms with Crippen LogP contribution in [-0.4, -0.2) is 62.3 Å². The molecule has 4 aliphatic carbocycles. The number of nitrogens with zero attached hydrogens (tertiary/aromatic N) is 1. The van der Waals surface area contributed by atoms with Gasteiger partial charge in [0.25, 0.3) is 0 Å². The van der Waals surface area contributed by atoms with E-state index in [1.807, 2.05) is 0 Å². The SMILES string of the molecule is CCCCCC(CCCCC)CC(=O)OCC12CCC3(COC(=O)C45CCN(CC4)CC5)CC(C1)CC(COC(=O)CC(CCCCC)CCCCC)(C2)C3. The van der Waals surface area contributed by atoms with Crippen LogP contribution in [0, 0.1) is 39.4 Å².